The molecule has 1 fully saturated rings. The van der Waals surface area contributed by atoms with E-state index in [1.165, 1.54) is 6.07 Å². The van der Waals surface area contributed by atoms with Crippen LogP contribution < -0.4 is 10.0 Å². The number of hydrogen-bond acceptors (Lipinski definition) is 3. The quantitative estimate of drug-likeness (QED) is 0.742. The maximum absolute atomic E-state index is 13.9. The zero-order valence-corrected chi connectivity index (χ0v) is 15.5. The summed E-state index contributed by atoms with van der Waals surface area (Å²) in [5, 5.41) is 3.01. The van der Waals surface area contributed by atoms with Crippen LogP contribution in [0, 0.1) is 23.3 Å². The summed E-state index contributed by atoms with van der Waals surface area (Å²) >= 11 is 0. The molecule has 3 rings (SSSR count). The molecule has 2 aromatic rings. The first-order chi connectivity index (χ1) is 12.3. The van der Waals surface area contributed by atoms with Crippen molar-refractivity contribution in [3.63, 3.8) is 0 Å². The average molecular weight is 425 g/mol. The number of sulfonamides is 1. The fourth-order valence-corrected chi connectivity index (χ4v) is 4.42. The highest BCUT2D eigenvalue weighted by Crippen LogP contribution is 2.28. The zero-order chi connectivity index (χ0) is 18.9. The maximum Gasteiger partial charge on any atom is 0.243 e. The molecule has 0 amide bonds. The van der Waals surface area contributed by atoms with Gasteiger partial charge in [-0.25, -0.2) is 30.7 Å². The summed E-state index contributed by atoms with van der Waals surface area (Å²) in [7, 11) is -4.27. The summed E-state index contributed by atoms with van der Waals surface area (Å²) in [4.78, 5) is -0.673. The Morgan fingerprint density at radius 2 is 1.70 bits per heavy atom. The third-order valence-corrected chi connectivity index (χ3v) is 5.87. The largest absolute Gasteiger partial charge is 0.315 e. The molecular weight excluding hydrogens is 408 g/mol. The van der Waals surface area contributed by atoms with Gasteiger partial charge in [-0.1, -0.05) is 6.07 Å². The topological polar surface area (TPSA) is 58.2 Å². The molecule has 2 atom stereocenters. The number of hydrogen-bond donors (Lipinski definition) is 2. The lowest BCUT2D eigenvalue weighted by atomic mass is 9.86. The molecule has 1 aliphatic rings. The molecule has 148 valence electrons. The average Bonchev–Trinajstić information content (AvgIpc) is 2.57. The molecular formula is C17H17ClF4N2O2S. The van der Waals surface area contributed by atoms with Crippen LogP contribution in [0.5, 0.6) is 0 Å². The first kappa shape index (κ1) is 21.6. The van der Waals surface area contributed by atoms with Crippen molar-refractivity contribution in [3.05, 3.63) is 65.2 Å². The van der Waals surface area contributed by atoms with Crippen molar-refractivity contribution in [2.24, 2.45) is 0 Å². The van der Waals surface area contributed by atoms with E-state index in [2.05, 4.69) is 10.0 Å². The molecule has 2 N–H and O–H groups in total. The van der Waals surface area contributed by atoms with Crippen LogP contribution >= 0.6 is 12.4 Å². The molecule has 0 aromatic heterocycles. The van der Waals surface area contributed by atoms with Gasteiger partial charge in [0.25, 0.3) is 0 Å². The molecule has 27 heavy (non-hydrogen) atoms. The Labute approximate surface area is 160 Å². The minimum absolute atomic E-state index is 0. The standard InChI is InChI=1S/C17H16F4N2O2S.ClH/c18-11-2-4-17(15(21)8-11)26(24,25)23-16-9-22-6-5-12(16)10-1-3-13(19)14(20)7-10;/h1-4,7-8,12,16,22-23H,5-6,9H2;1H. The van der Waals surface area contributed by atoms with Crippen molar-refractivity contribution in [2.45, 2.75) is 23.3 Å². The summed E-state index contributed by atoms with van der Waals surface area (Å²) in [6.45, 7) is 0.790. The smallest absolute Gasteiger partial charge is 0.243 e. The second-order valence-electron chi connectivity index (χ2n) is 6.08. The SMILES string of the molecule is Cl.O=S(=O)(NC1CNCCC1c1ccc(F)c(F)c1)c1ccc(F)cc1F. The van der Waals surface area contributed by atoms with Crippen LogP contribution in [-0.2, 0) is 10.0 Å². The predicted octanol–water partition coefficient (Wildman–Crippen LogP) is 3.09. The molecule has 0 saturated carbocycles. The van der Waals surface area contributed by atoms with Gasteiger partial charge in [0.1, 0.15) is 16.5 Å². The molecule has 0 radical (unpaired) electrons. The van der Waals surface area contributed by atoms with Crippen molar-refractivity contribution >= 4 is 22.4 Å². The van der Waals surface area contributed by atoms with Gasteiger partial charge in [-0.05, 0) is 42.8 Å². The van der Waals surface area contributed by atoms with E-state index in [1.807, 2.05) is 0 Å². The number of benzene rings is 2. The Morgan fingerprint density at radius 3 is 2.37 bits per heavy atom. The minimum Gasteiger partial charge on any atom is -0.315 e. The van der Waals surface area contributed by atoms with E-state index >= 15 is 0 Å². The maximum atomic E-state index is 13.9. The lowest BCUT2D eigenvalue weighted by Crippen LogP contribution is -2.50. The number of piperidine rings is 1. The molecule has 0 spiro atoms. The van der Waals surface area contributed by atoms with Gasteiger partial charge in [-0.3, -0.25) is 0 Å². The van der Waals surface area contributed by atoms with Gasteiger partial charge in [0.05, 0.1) is 0 Å². The monoisotopic (exact) mass is 424 g/mol. The first-order valence-corrected chi connectivity index (χ1v) is 9.39. The van der Waals surface area contributed by atoms with Gasteiger partial charge in [0.2, 0.25) is 10.0 Å². The van der Waals surface area contributed by atoms with Gasteiger partial charge >= 0.3 is 0 Å². The van der Waals surface area contributed by atoms with Crippen LogP contribution in [0.25, 0.3) is 0 Å². The molecule has 1 heterocycles. The molecule has 0 aliphatic carbocycles. The highest BCUT2D eigenvalue weighted by atomic mass is 35.5. The molecule has 4 nitrogen and oxygen atoms in total. The fraction of sp³-hybridized carbons (Fsp3) is 0.294. The van der Waals surface area contributed by atoms with Crippen LogP contribution in [0.3, 0.4) is 0 Å². The fourth-order valence-electron chi connectivity index (χ4n) is 3.08. The molecule has 1 saturated heterocycles. The highest BCUT2D eigenvalue weighted by Gasteiger charge is 2.32. The summed E-state index contributed by atoms with van der Waals surface area (Å²) in [5.74, 6) is -4.53. The van der Waals surface area contributed by atoms with Crippen LogP contribution in [0.15, 0.2) is 41.3 Å². The van der Waals surface area contributed by atoms with Crippen molar-refractivity contribution < 1.29 is 26.0 Å². The van der Waals surface area contributed by atoms with Crippen LogP contribution in [0.2, 0.25) is 0 Å². The van der Waals surface area contributed by atoms with Gasteiger partial charge in [-0.15, -0.1) is 12.4 Å². The van der Waals surface area contributed by atoms with E-state index in [-0.39, 0.29) is 19.0 Å². The Morgan fingerprint density at radius 1 is 0.963 bits per heavy atom. The Balaban J connectivity index is 0.00000261. The van der Waals surface area contributed by atoms with Gasteiger partial charge < -0.3 is 5.32 Å². The first-order valence-electron chi connectivity index (χ1n) is 7.91. The van der Waals surface area contributed by atoms with Crippen LogP contribution in [0.4, 0.5) is 17.6 Å². The normalized spacial score (nSPS) is 20.1. The Bertz CT molecular complexity index is 927. The molecule has 10 heteroatoms. The van der Waals surface area contributed by atoms with Crippen molar-refractivity contribution in [1.29, 1.82) is 0 Å². The number of nitrogens with one attached hydrogen (secondary N) is 2. The van der Waals surface area contributed by atoms with Crippen molar-refractivity contribution in [1.82, 2.24) is 10.0 Å². The summed E-state index contributed by atoms with van der Waals surface area (Å²) in [6.07, 6.45) is 0.476. The number of rotatable bonds is 4. The van der Waals surface area contributed by atoms with E-state index in [0.29, 0.717) is 24.6 Å². The third kappa shape index (κ3) is 4.78. The van der Waals surface area contributed by atoms with Crippen molar-refractivity contribution in [3.8, 4) is 0 Å². The van der Waals surface area contributed by atoms with Crippen LogP contribution in [0.1, 0.15) is 17.9 Å². The van der Waals surface area contributed by atoms with Crippen molar-refractivity contribution in [2.75, 3.05) is 13.1 Å². The van der Waals surface area contributed by atoms with E-state index in [1.54, 1.807) is 0 Å². The molecule has 0 bridgehead atoms. The highest BCUT2D eigenvalue weighted by molar-refractivity contribution is 7.89. The molecule has 1 aliphatic heterocycles. The van der Waals surface area contributed by atoms with E-state index in [0.717, 1.165) is 24.3 Å². The van der Waals surface area contributed by atoms with E-state index in [4.69, 9.17) is 0 Å². The second-order valence-corrected chi connectivity index (χ2v) is 7.76. The summed E-state index contributed by atoms with van der Waals surface area (Å²) < 4.78 is 80.9. The minimum atomic E-state index is -4.27. The number of halogens is 5. The van der Waals surface area contributed by atoms with E-state index in [9.17, 15) is 26.0 Å². The lowest BCUT2D eigenvalue weighted by Gasteiger charge is -2.33. The van der Waals surface area contributed by atoms with Gasteiger partial charge in [0.15, 0.2) is 11.6 Å². The molecule has 2 aromatic carbocycles. The second kappa shape index (κ2) is 8.55. The van der Waals surface area contributed by atoms with Crippen LogP contribution in [-0.4, -0.2) is 27.5 Å². The van der Waals surface area contributed by atoms with E-state index < -0.39 is 50.1 Å². The Hall–Kier alpha value is -1.68. The third-order valence-electron chi connectivity index (χ3n) is 4.34. The summed E-state index contributed by atoms with van der Waals surface area (Å²) in [5.41, 5.74) is 0.442. The molecule has 2 unspecified atom stereocenters. The zero-order valence-electron chi connectivity index (χ0n) is 13.9. The lowest BCUT2D eigenvalue weighted by molar-refractivity contribution is 0.375. The van der Waals surface area contributed by atoms with Gasteiger partial charge in [-0.2, -0.15) is 0 Å². The summed E-state index contributed by atoms with van der Waals surface area (Å²) in [6, 6.07) is 4.89. The predicted molar refractivity (Wildman–Crippen MR) is 94.3 cm³/mol. The Kier molecular flexibility index (Phi) is 6.85. The van der Waals surface area contributed by atoms with Gasteiger partial charge in [0, 0.05) is 24.6 Å².